The molecule has 0 aliphatic carbocycles. The van der Waals surface area contributed by atoms with Crippen LogP contribution in [0.25, 0.3) is 11.1 Å². The molecule has 0 aromatic heterocycles. The van der Waals surface area contributed by atoms with Crippen molar-refractivity contribution in [3.63, 3.8) is 0 Å². The van der Waals surface area contributed by atoms with Gasteiger partial charge in [-0.3, -0.25) is 0 Å². The molecule has 1 N–H and O–H groups in total. The Bertz CT molecular complexity index is 791. The van der Waals surface area contributed by atoms with Gasteiger partial charge in [-0.1, -0.05) is 55.1 Å². The van der Waals surface area contributed by atoms with Crippen molar-refractivity contribution in [2.24, 2.45) is 0 Å². The molecule has 0 spiro atoms. The van der Waals surface area contributed by atoms with E-state index in [4.69, 9.17) is 14.2 Å². The fourth-order valence-corrected chi connectivity index (χ4v) is 2.77. The zero-order valence-corrected chi connectivity index (χ0v) is 17.2. The van der Waals surface area contributed by atoms with Gasteiger partial charge < -0.3 is 19.5 Å². The topological polar surface area (TPSA) is 73.9 Å². The number of amides is 1. The Morgan fingerprint density at radius 2 is 1.53 bits per heavy atom. The van der Waals surface area contributed by atoms with Gasteiger partial charge in [-0.05, 0) is 37.3 Å². The number of benzene rings is 2. The minimum Gasteiger partial charge on any atom is -0.493 e. The van der Waals surface area contributed by atoms with E-state index in [0.29, 0.717) is 13.2 Å². The number of hydrogen-bond donors (Lipinski definition) is 1. The van der Waals surface area contributed by atoms with Crippen molar-refractivity contribution < 1.29 is 23.8 Å². The van der Waals surface area contributed by atoms with E-state index >= 15 is 0 Å². The van der Waals surface area contributed by atoms with Gasteiger partial charge in [-0.2, -0.15) is 0 Å². The van der Waals surface area contributed by atoms with Crippen molar-refractivity contribution in [1.82, 2.24) is 5.32 Å². The molecular formula is C24H29NO5. The van der Waals surface area contributed by atoms with Gasteiger partial charge in [-0.25, -0.2) is 9.59 Å². The number of carbonyl (C=O) groups excluding carboxylic acids is 2. The van der Waals surface area contributed by atoms with E-state index in [1.165, 1.54) is 0 Å². The predicted octanol–water partition coefficient (Wildman–Crippen LogP) is 4.75. The normalized spacial score (nSPS) is 10.1. The number of alkyl carbamates (subject to hydrolysis) is 1. The standard InChI is InChI=1S/C24H29NO5/c1-2-23(26)29-19-16-25-24(27)30-18-11-4-3-10-17-28-22-15-9-8-14-21(22)20-12-6-5-7-13-20/h2,5-9,12-15H,1,3-4,10-11,16-19H2,(H,25,27). The number of esters is 1. The molecule has 0 bridgehead atoms. The summed E-state index contributed by atoms with van der Waals surface area (Å²) in [4.78, 5) is 22.3. The van der Waals surface area contributed by atoms with E-state index in [0.717, 1.165) is 48.6 Å². The number of hydrogen-bond acceptors (Lipinski definition) is 5. The van der Waals surface area contributed by atoms with E-state index in [2.05, 4.69) is 30.1 Å². The Morgan fingerprint density at radius 3 is 2.30 bits per heavy atom. The van der Waals surface area contributed by atoms with Crippen LogP contribution in [0.5, 0.6) is 5.75 Å². The first-order chi connectivity index (χ1) is 14.7. The molecule has 1 amide bonds. The number of nitrogens with one attached hydrogen (secondary N) is 1. The summed E-state index contributed by atoms with van der Waals surface area (Å²) in [7, 11) is 0. The van der Waals surface area contributed by atoms with Gasteiger partial charge >= 0.3 is 12.1 Å². The Labute approximate surface area is 177 Å². The average molecular weight is 411 g/mol. The third-order valence-corrected chi connectivity index (χ3v) is 4.28. The number of rotatable bonds is 13. The van der Waals surface area contributed by atoms with E-state index in [-0.39, 0.29) is 13.2 Å². The highest BCUT2D eigenvalue weighted by Crippen LogP contribution is 2.29. The van der Waals surface area contributed by atoms with Gasteiger partial charge in [0, 0.05) is 11.6 Å². The molecule has 6 heteroatoms. The lowest BCUT2D eigenvalue weighted by Gasteiger charge is -2.11. The first-order valence-electron chi connectivity index (χ1n) is 10.2. The van der Waals surface area contributed by atoms with E-state index in [1.807, 2.05) is 36.4 Å². The zero-order chi connectivity index (χ0) is 21.4. The lowest BCUT2D eigenvalue weighted by atomic mass is 10.1. The van der Waals surface area contributed by atoms with E-state index in [9.17, 15) is 9.59 Å². The second kappa shape index (κ2) is 13.8. The van der Waals surface area contributed by atoms with Crippen molar-refractivity contribution in [3.05, 3.63) is 67.3 Å². The maximum Gasteiger partial charge on any atom is 0.407 e. The largest absolute Gasteiger partial charge is 0.493 e. The molecule has 2 aromatic carbocycles. The summed E-state index contributed by atoms with van der Waals surface area (Å²) in [6, 6.07) is 18.2. The summed E-state index contributed by atoms with van der Waals surface area (Å²) in [5.41, 5.74) is 2.24. The number of unbranched alkanes of at least 4 members (excludes halogenated alkanes) is 3. The number of ether oxygens (including phenoxy) is 3. The van der Waals surface area contributed by atoms with Crippen LogP contribution in [0.15, 0.2) is 67.3 Å². The van der Waals surface area contributed by atoms with Crippen molar-refractivity contribution in [2.75, 3.05) is 26.4 Å². The van der Waals surface area contributed by atoms with Crippen LogP contribution in [0.2, 0.25) is 0 Å². The Balaban J connectivity index is 1.52. The smallest absolute Gasteiger partial charge is 0.407 e. The van der Waals surface area contributed by atoms with Crippen LogP contribution >= 0.6 is 0 Å². The second-order valence-corrected chi connectivity index (χ2v) is 6.56. The highest BCUT2D eigenvalue weighted by atomic mass is 16.6. The minimum absolute atomic E-state index is 0.0906. The van der Waals surface area contributed by atoms with Crippen LogP contribution < -0.4 is 10.1 Å². The quantitative estimate of drug-likeness (QED) is 0.293. The fraction of sp³-hybridized carbons (Fsp3) is 0.333. The van der Waals surface area contributed by atoms with Crippen molar-refractivity contribution in [2.45, 2.75) is 25.7 Å². The molecule has 0 saturated heterocycles. The van der Waals surface area contributed by atoms with Gasteiger partial charge in [-0.15, -0.1) is 0 Å². The lowest BCUT2D eigenvalue weighted by Crippen LogP contribution is -2.28. The summed E-state index contributed by atoms with van der Waals surface area (Å²) in [5.74, 6) is 0.375. The molecular weight excluding hydrogens is 382 g/mol. The molecule has 0 aliphatic heterocycles. The summed E-state index contributed by atoms with van der Waals surface area (Å²) >= 11 is 0. The molecule has 160 valence electrons. The number of carbonyl (C=O) groups is 2. The van der Waals surface area contributed by atoms with Crippen molar-refractivity contribution >= 4 is 12.1 Å². The second-order valence-electron chi connectivity index (χ2n) is 6.56. The van der Waals surface area contributed by atoms with E-state index < -0.39 is 12.1 Å². The van der Waals surface area contributed by atoms with Crippen LogP contribution in [0.4, 0.5) is 4.79 Å². The molecule has 0 heterocycles. The minimum atomic E-state index is -0.516. The Morgan fingerprint density at radius 1 is 0.833 bits per heavy atom. The Kier molecular flexibility index (Phi) is 10.6. The predicted molar refractivity (Wildman–Crippen MR) is 116 cm³/mol. The molecule has 0 aliphatic rings. The molecule has 0 atom stereocenters. The first kappa shape index (κ1) is 23.0. The molecule has 30 heavy (non-hydrogen) atoms. The Hall–Kier alpha value is -3.28. The summed E-state index contributed by atoms with van der Waals surface area (Å²) in [5, 5.41) is 2.52. The fourth-order valence-electron chi connectivity index (χ4n) is 2.77. The highest BCUT2D eigenvalue weighted by molar-refractivity contribution is 5.81. The van der Waals surface area contributed by atoms with Crippen LogP contribution in [0.1, 0.15) is 25.7 Å². The maximum atomic E-state index is 11.5. The maximum absolute atomic E-state index is 11.5. The highest BCUT2D eigenvalue weighted by Gasteiger charge is 2.05. The van der Waals surface area contributed by atoms with Gasteiger partial charge in [0.25, 0.3) is 0 Å². The van der Waals surface area contributed by atoms with Crippen LogP contribution in [-0.4, -0.2) is 38.4 Å². The van der Waals surface area contributed by atoms with Crippen LogP contribution in [-0.2, 0) is 14.3 Å². The third kappa shape index (κ3) is 8.82. The van der Waals surface area contributed by atoms with Crippen LogP contribution in [0.3, 0.4) is 0 Å². The zero-order valence-electron chi connectivity index (χ0n) is 17.2. The molecule has 2 aromatic rings. The third-order valence-electron chi connectivity index (χ3n) is 4.28. The monoisotopic (exact) mass is 411 g/mol. The SMILES string of the molecule is C=CC(=O)OCCNC(=O)OCCCCCCOc1ccccc1-c1ccccc1. The summed E-state index contributed by atoms with van der Waals surface area (Å²) in [6.07, 6.45) is 4.24. The lowest BCUT2D eigenvalue weighted by molar-refractivity contribution is -0.137. The van der Waals surface area contributed by atoms with Crippen LogP contribution in [0, 0.1) is 0 Å². The van der Waals surface area contributed by atoms with Gasteiger partial charge in [0.05, 0.1) is 19.8 Å². The number of para-hydroxylation sites is 1. The van der Waals surface area contributed by atoms with Crippen molar-refractivity contribution in [3.8, 4) is 16.9 Å². The average Bonchev–Trinajstić information content (AvgIpc) is 2.79. The van der Waals surface area contributed by atoms with Gasteiger partial charge in [0.2, 0.25) is 0 Å². The summed E-state index contributed by atoms with van der Waals surface area (Å²) < 4.78 is 15.8. The molecule has 0 radical (unpaired) electrons. The molecule has 6 nitrogen and oxygen atoms in total. The molecule has 2 rings (SSSR count). The van der Waals surface area contributed by atoms with Gasteiger partial charge in [0.1, 0.15) is 12.4 Å². The molecule has 0 fully saturated rings. The molecule has 0 unspecified atom stereocenters. The van der Waals surface area contributed by atoms with Crippen molar-refractivity contribution in [1.29, 1.82) is 0 Å². The first-order valence-corrected chi connectivity index (χ1v) is 10.2. The van der Waals surface area contributed by atoms with Gasteiger partial charge in [0.15, 0.2) is 0 Å². The van der Waals surface area contributed by atoms with E-state index in [1.54, 1.807) is 0 Å². The summed E-state index contributed by atoms with van der Waals surface area (Å²) in [6.45, 7) is 4.59. The molecule has 0 saturated carbocycles.